The van der Waals surface area contributed by atoms with Crippen LogP contribution in [0.25, 0.3) is 0 Å². The van der Waals surface area contributed by atoms with Gasteiger partial charge in [0.1, 0.15) is 5.84 Å². The Balaban J connectivity index is 2.32. The third kappa shape index (κ3) is 3.90. The third-order valence-corrected chi connectivity index (χ3v) is 3.13. The van der Waals surface area contributed by atoms with E-state index in [0.29, 0.717) is 5.11 Å². The van der Waals surface area contributed by atoms with Crippen molar-refractivity contribution in [1.29, 1.82) is 0 Å². The molecule has 2 aromatic carbocycles. The molecule has 2 aromatic rings. The minimum atomic E-state index is 0.535. The summed E-state index contributed by atoms with van der Waals surface area (Å²) in [4.78, 5) is 6.31. The number of nitrogens with one attached hydrogen (secondary N) is 1. The summed E-state index contributed by atoms with van der Waals surface area (Å²) in [6, 6.07) is 19.9. The van der Waals surface area contributed by atoms with E-state index in [4.69, 9.17) is 12.2 Å². The van der Waals surface area contributed by atoms with E-state index >= 15 is 0 Å². The number of thiocarbonyl (C=S) groups is 1. The lowest BCUT2D eigenvalue weighted by Gasteiger charge is -2.14. The third-order valence-electron chi connectivity index (χ3n) is 2.67. The predicted molar refractivity (Wildman–Crippen MR) is 89.3 cm³/mol. The second-order valence-corrected chi connectivity index (χ2v) is 4.86. The first kappa shape index (κ1) is 14.2. The molecule has 0 aliphatic heterocycles. The molecular formula is C16H17N3S. The fourth-order valence-electron chi connectivity index (χ4n) is 1.61. The summed E-state index contributed by atoms with van der Waals surface area (Å²) in [5.41, 5.74) is 1.98. The largest absolute Gasteiger partial charge is 0.354 e. The Morgan fingerprint density at radius 2 is 1.50 bits per heavy atom. The van der Waals surface area contributed by atoms with Crippen LogP contribution in [-0.2, 0) is 0 Å². The average Bonchev–Trinajstić information content (AvgIpc) is 2.48. The fourth-order valence-corrected chi connectivity index (χ4v) is 1.71. The van der Waals surface area contributed by atoms with Crippen LogP contribution in [0.4, 0.5) is 5.69 Å². The smallest absolute Gasteiger partial charge is 0.196 e. The van der Waals surface area contributed by atoms with Crippen LogP contribution in [0.2, 0.25) is 0 Å². The van der Waals surface area contributed by atoms with Crippen LogP contribution in [0.3, 0.4) is 0 Å². The van der Waals surface area contributed by atoms with Crippen molar-refractivity contribution in [2.24, 2.45) is 4.99 Å². The molecule has 20 heavy (non-hydrogen) atoms. The molecule has 4 heteroatoms. The van der Waals surface area contributed by atoms with E-state index < -0.39 is 0 Å². The normalized spacial score (nSPS) is 11.0. The molecule has 0 fully saturated rings. The molecule has 0 aromatic heterocycles. The SMILES string of the molecule is CN(C)C(=S)/N=C(\Nc1ccccc1)c1ccccc1. The lowest BCUT2D eigenvalue weighted by Crippen LogP contribution is -2.22. The predicted octanol–water partition coefficient (Wildman–Crippen LogP) is 3.39. The van der Waals surface area contributed by atoms with Crippen LogP contribution in [0.15, 0.2) is 65.7 Å². The van der Waals surface area contributed by atoms with Crippen molar-refractivity contribution in [2.45, 2.75) is 0 Å². The van der Waals surface area contributed by atoms with E-state index in [1.54, 1.807) is 0 Å². The summed E-state index contributed by atoms with van der Waals surface area (Å²) in [6.45, 7) is 0. The molecule has 102 valence electrons. The van der Waals surface area contributed by atoms with E-state index in [2.05, 4.69) is 10.3 Å². The highest BCUT2D eigenvalue weighted by atomic mass is 32.1. The van der Waals surface area contributed by atoms with Gasteiger partial charge < -0.3 is 10.2 Å². The molecule has 0 saturated heterocycles. The zero-order chi connectivity index (χ0) is 14.4. The van der Waals surface area contributed by atoms with Gasteiger partial charge in [0.2, 0.25) is 0 Å². The highest BCUT2D eigenvalue weighted by molar-refractivity contribution is 7.80. The van der Waals surface area contributed by atoms with Gasteiger partial charge in [-0.25, -0.2) is 4.99 Å². The molecule has 0 aliphatic carbocycles. The van der Waals surface area contributed by atoms with Gasteiger partial charge in [0.15, 0.2) is 5.11 Å². The number of benzene rings is 2. The van der Waals surface area contributed by atoms with E-state index in [1.807, 2.05) is 79.7 Å². The molecule has 0 heterocycles. The fraction of sp³-hybridized carbons (Fsp3) is 0.125. The lowest BCUT2D eigenvalue weighted by molar-refractivity contribution is 0.629. The summed E-state index contributed by atoms with van der Waals surface area (Å²) in [5, 5.41) is 3.85. The van der Waals surface area contributed by atoms with Crippen molar-refractivity contribution >= 4 is 28.9 Å². The van der Waals surface area contributed by atoms with Crippen molar-refractivity contribution in [2.75, 3.05) is 19.4 Å². The Kier molecular flexibility index (Phi) is 4.85. The van der Waals surface area contributed by atoms with Crippen LogP contribution < -0.4 is 5.32 Å². The Hall–Kier alpha value is -2.20. The number of nitrogens with zero attached hydrogens (tertiary/aromatic N) is 2. The van der Waals surface area contributed by atoms with Gasteiger partial charge in [0, 0.05) is 25.3 Å². The molecule has 0 atom stereocenters. The molecule has 0 bridgehead atoms. The monoisotopic (exact) mass is 283 g/mol. The maximum atomic E-state index is 5.27. The summed E-state index contributed by atoms with van der Waals surface area (Å²) in [5.74, 6) is 0.746. The van der Waals surface area contributed by atoms with Crippen molar-refractivity contribution in [3.05, 3.63) is 66.2 Å². The number of para-hydroxylation sites is 1. The number of hydrogen-bond donors (Lipinski definition) is 1. The number of anilines is 1. The van der Waals surface area contributed by atoms with Crippen molar-refractivity contribution < 1.29 is 0 Å². The molecule has 0 radical (unpaired) electrons. The van der Waals surface area contributed by atoms with Gasteiger partial charge in [0.05, 0.1) is 0 Å². The van der Waals surface area contributed by atoms with Gasteiger partial charge in [-0.2, -0.15) is 0 Å². The van der Waals surface area contributed by atoms with Crippen molar-refractivity contribution in [3.8, 4) is 0 Å². The highest BCUT2D eigenvalue weighted by Crippen LogP contribution is 2.10. The van der Waals surface area contributed by atoms with Crippen LogP contribution in [0.5, 0.6) is 0 Å². The van der Waals surface area contributed by atoms with Gasteiger partial charge in [-0.1, -0.05) is 48.5 Å². The molecule has 0 amide bonds. The number of rotatable bonds is 2. The first-order valence-electron chi connectivity index (χ1n) is 6.34. The van der Waals surface area contributed by atoms with E-state index in [9.17, 15) is 0 Å². The molecule has 1 N–H and O–H groups in total. The molecule has 3 nitrogen and oxygen atoms in total. The first-order chi connectivity index (χ1) is 9.66. The Morgan fingerprint density at radius 3 is 2.05 bits per heavy atom. The topological polar surface area (TPSA) is 27.6 Å². The maximum absolute atomic E-state index is 5.27. The maximum Gasteiger partial charge on any atom is 0.196 e. The average molecular weight is 283 g/mol. The number of hydrogen-bond acceptors (Lipinski definition) is 1. The van der Waals surface area contributed by atoms with Crippen LogP contribution in [0.1, 0.15) is 5.56 Å². The Bertz CT molecular complexity index is 592. The highest BCUT2D eigenvalue weighted by Gasteiger charge is 2.06. The zero-order valence-electron chi connectivity index (χ0n) is 11.6. The van der Waals surface area contributed by atoms with E-state index in [0.717, 1.165) is 17.1 Å². The minimum Gasteiger partial charge on any atom is -0.354 e. The molecule has 0 saturated carbocycles. The van der Waals surface area contributed by atoms with E-state index in [1.165, 1.54) is 0 Å². The van der Waals surface area contributed by atoms with Crippen LogP contribution >= 0.6 is 12.2 Å². The summed E-state index contributed by atoms with van der Waals surface area (Å²) in [6.07, 6.45) is 0. The second kappa shape index (κ2) is 6.82. The van der Waals surface area contributed by atoms with Crippen LogP contribution in [0, 0.1) is 0 Å². The molecular weight excluding hydrogens is 266 g/mol. The van der Waals surface area contributed by atoms with Crippen molar-refractivity contribution in [1.82, 2.24) is 4.90 Å². The number of amidine groups is 1. The van der Waals surface area contributed by atoms with Gasteiger partial charge in [0.25, 0.3) is 0 Å². The summed E-state index contributed by atoms with van der Waals surface area (Å²) in [7, 11) is 3.77. The van der Waals surface area contributed by atoms with Crippen LogP contribution in [-0.4, -0.2) is 29.9 Å². The van der Waals surface area contributed by atoms with Gasteiger partial charge in [-0.05, 0) is 24.4 Å². The quantitative estimate of drug-likeness (QED) is 0.520. The van der Waals surface area contributed by atoms with Crippen molar-refractivity contribution in [3.63, 3.8) is 0 Å². The lowest BCUT2D eigenvalue weighted by atomic mass is 10.2. The standard InChI is InChI=1S/C16H17N3S/c1-19(2)16(20)18-15(13-9-5-3-6-10-13)17-14-11-7-4-8-12-14/h3-12H,1-2H3,(H,17,18,20). The Labute approximate surface area is 125 Å². The van der Waals surface area contributed by atoms with Gasteiger partial charge in [-0.3, -0.25) is 0 Å². The number of aliphatic imine (C=N–C) groups is 1. The summed E-state index contributed by atoms with van der Waals surface area (Å²) >= 11 is 5.27. The molecule has 0 unspecified atom stereocenters. The van der Waals surface area contributed by atoms with E-state index in [-0.39, 0.29) is 0 Å². The van der Waals surface area contributed by atoms with Gasteiger partial charge in [-0.15, -0.1) is 0 Å². The second-order valence-electron chi connectivity index (χ2n) is 4.49. The van der Waals surface area contributed by atoms with Gasteiger partial charge >= 0.3 is 0 Å². The Morgan fingerprint density at radius 1 is 0.950 bits per heavy atom. The zero-order valence-corrected chi connectivity index (χ0v) is 12.4. The first-order valence-corrected chi connectivity index (χ1v) is 6.75. The summed E-state index contributed by atoms with van der Waals surface area (Å²) < 4.78 is 0. The minimum absolute atomic E-state index is 0.535. The molecule has 2 rings (SSSR count). The molecule has 0 aliphatic rings. The molecule has 0 spiro atoms.